The number of anilines is 1. The summed E-state index contributed by atoms with van der Waals surface area (Å²) in [5.74, 6) is 0.410. The van der Waals surface area contributed by atoms with E-state index in [9.17, 15) is 9.59 Å². The van der Waals surface area contributed by atoms with Gasteiger partial charge in [-0.2, -0.15) is 0 Å². The summed E-state index contributed by atoms with van der Waals surface area (Å²) in [6.45, 7) is 4.42. The van der Waals surface area contributed by atoms with Gasteiger partial charge in [-0.1, -0.05) is 32.3 Å². The van der Waals surface area contributed by atoms with Crippen LogP contribution >= 0.6 is 28.1 Å². The van der Waals surface area contributed by atoms with E-state index in [-0.39, 0.29) is 16.9 Å². The maximum atomic E-state index is 12.8. The van der Waals surface area contributed by atoms with Crippen molar-refractivity contribution in [1.82, 2.24) is 10.2 Å². The predicted molar refractivity (Wildman–Crippen MR) is 144 cm³/mol. The standard InChI is InChI=1S/C26H32BrN3O3S/c1-2-3-4-8-16-33-23-13-12-19(18-22(23)27)24(31)29-26(34)28-21-11-9-10-20(17-21)25(32)30-14-6-5-7-15-30/h9-13,17-18H,2-8,14-16H2,1H3,(H2,28,29,31,34). The highest BCUT2D eigenvalue weighted by Crippen LogP contribution is 2.26. The Labute approximate surface area is 215 Å². The first-order valence-corrected chi connectivity index (χ1v) is 13.1. The lowest BCUT2D eigenvalue weighted by Crippen LogP contribution is -2.36. The van der Waals surface area contributed by atoms with Crippen molar-refractivity contribution in [2.75, 3.05) is 25.0 Å². The molecule has 1 saturated heterocycles. The average Bonchev–Trinajstić information content (AvgIpc) is 2.84. The Bertz CT molecular complexity index is 1010. The maximum Gasteiger partial charge on any atom is 0.257 e. The molecule has 2 N–H and O–H groups in total. The molecule has 2 aromatic carbocycles. The Morgan fingerprint density at radius 1 is 1.03 bits per heavy atom. The Morgan fingerprint density at radius 3 is 2.56 bits per heavy atom. The molecule has 8 heteroatoms. The highest BCUT2D eigenvalue weighted by molar-refractivity contribution is 9.10. The van der Waals surface area contributed by atoms with Gasteiger partial charge >= 0.3 is 0 Å². The van der Waals surface area contributed by atoms with Gasteiger partial charge in [0.15, 0.2) is 5.11 Å². The van der Waals surface area contributed by atoms with E-state index in [2.05, 4.69) is 33.5 Å². The van der Waals surface area contributed by atoms with Crippen LogP contribution in [0.25, 0.3) is 0 Å². The number of carbonyl (C=O) groups excluding carboxylic acids is 2. The molecular weight excluding hydrogens is 514 g/mol. The zero-order chi connectivity index (χ0) is 24.3. The molecule has 0 bridgehead atoms. The second kappa shape index (κ2) is 13.4. The number of thiocarbonyl (C=S) groups is 1. The van der Waals surface area contributed by atoms with Crippen molar-refractivity contribution in [2.45, 2.75) is 51.9 Å². The second-order valence-electron chi connectivity index (χ2n) is 8.40. The SMILES string of the molecule is CCCCCCOc1ccc(C(=O)NC(=S)Nc2cccc(C(=O)N3CCCCC3)c2)cc1Br. The van der Waals surface area contributed by atoms with Gasteiger partial charge in [-0.25, -0.2) is 0 Å². The van der Waals surface area contributed by atoms with Crippen molar-refractivity contribution in [3.05, 3.63) is 58.1 Å². The number of ether oxygens (including phenoxy) is 1. The molecule has 2 aromatic rings. The highest BCUT2D eigenvalue weighted by Gasteiger charge is 2.18. The van der Waals surface area contributed by atoms with Crippen molar-refractivity contribution >= 4 is 50.8 Å². The number of hydrogen-bond donors (Lipinski definition) is 2. The molecule has 2 amide bonds. The number of halogens is 1. The number of nitrogens with zero attached hydrogens (tertiary/aromatic N) is 1. The molecule has 1 heterocycles. The summed E-state index contributed by atoms with van der Waals surface area (Å²) in [4.78, 5) is 27.3. The number of amides is 2. The Morgan fingerprint density at radius 2 is 1.82 bits per heavy atom. The number of piperidine rings is 1. The minimum atomic E-state index is -0.326. The Kier molecular flexibility index (Phi) is 10.3. The number of rotatable bonds is 9. The Hall–Kier alpha value is -2.45. The van der Waals surface area contributed by atoms with Crippen LogP contribution in [0, 0.1) is 0 Å². The van der Waals surface area contributed by atoms with Crippen LogP contribution in [-0.4, -0.2) is 41.5 Å². The molecule has 182 valence electrons. The van der Waals surface area contributed by atoms with Crippen LogP contribution in [0.2, 0.25) is 0 Å². The topological polar surface area (TPSA) is 70.7 Å². The molecule has 1 fully saturated rings. The molecule has 0 saturated carbocycles. The van der Waals surface area contributed by atoms with Gasteiger partial charge in [0.2, 0.25) is 0 Å². The molecule has 34 heavy (non-hydrogen) atoms. The largest absolute Gasteiger partial charge is 0.492 e. The molecular formula is C26H32BrN3O3S. The van der Waals surface area contributed by atoms with Crippen LogP contribution in [-0.2, 0) is 0 Å². The molecule has 3 rings (SSSR count). The lowest BCUT2D eigenvalue weighted by Gasteiger charge is -2.26. The first-order chi connectivity index (χ1) is 16.5. The van der Waals surface area contributed by atoms with Gasteiger partial charge < -0.3 is 15.0 Å². The summed E-state index contributed by atoms with van der Waals surface area (Å²) >= 11 is 8.81. The zero-order valence-electron chi connectivity index (χ0n) is 19.6. The number of benzene rings is 2. The predicted octanol–water partition coefficient (Wildman–Crippen LogP) is 6.16. The molecule has 6 nitrogen and oxygen atoms in total. The smallest absolute Gasteiger partial charge is 0.257 e. The van der Waals surface area contributed by atoms with E-state index in [0.717, 1.165) is 43.2 Å². The van der Waals surface area contributed by atoms with E-state index in [4.69, 9.17) is 17.0 Å². The van der Waals surface area contributed by atoms with Crippen molar-refractivity contribution < 1.29 is 14.3 Å². The number of carbonyl (C=O) groups is 2. The number of likely N-dealkylation sites (tertiary alicyclic amines) is 1. The van der Waals surface area contributed by atoms with Crippen LogP contribution in [0.1, 0.15) is 72.6 Å². The van der Waals surface area contributed by atoms with Gasteiger partial charge in [0.25, 0.3) is 11.8 Å². The van der Waals surface area contributed by atoms with Crippen LogP contribution < -0.4 is 15.4 Å². The molecule has 0 aliphatic carbocycles. The van der Waals surface area contributed by atoms with Crippen LogP contribution in [0.15, 0.2) is 46.9 Å². The van der Waals surface area contributed by atoms with Crippen molar-refractivity contribution in [1.29, 1.82) is 0 Å². The third-order valence-corrected chi connectivity index (χ3v) is 6.51. The number of unbranched alkanes of at least 4 members (excludes halogenated alkanes) is 3. The van der Waals surface area contributed by atoms with Crippen molar-refractivity contribution in [2.24, 2.45) is 0 Å². The lowest BCUT2D eigenvalue weighted by atomic mass is 10.1. The fourth-order valence-corrected chi connectivity index (χ4v) is 4.52. The zero-order valence-corrected chi connectivity index (χ0v) is 22.0. The van der Waals surface area contributed by atoms with Gasteiger partial charge in [0, 0.05) is 29.9 Å². The fourth-order valence-electron chi connectivity index (χ4n) is 3.82. The van der Waals surface area contributed by atoms with Gasteiger partial charge in [-0.3, -0.25) is 14.9 Å². The summed E-state index contributed by atoms with van der Waals surface area (Å²) in [5.41, 5.74) is 1.72. The average molecular weight is 547 g/mol. The second-order valence-corrected chi connectivity index (χ2v) is 9.66. The minimum absolute atomic E-state index is 0.0239. The molecule has 1 aliphatic rings. The highest BCUT2D eigenvalue weighted by atomic mass is 79.9. The van der Waals surface area contributed by atoms with Gasteiger partial charge in [-0.15, -0.1) is 0 Å². The third kappa shape index (κ3) is 7.81. The molecule has 0 unspecified atom stereocenters. The summed E-state index contributed by atoms with van der Waals surface area (Å²) in [7, 11) is 0. The minimum Gasteiger partial charge on any atom is -0.492 e. The Balaban J connectivity index is 1.53. The van der Waals surface area contributed by atoms with Crippen molar-refractivity contribution in [3.63, 3.8) is 0 Å². The van der Waals surface area contributed by atoms with Crippen LogP contribution in [0.5, 0.6) is 5.75 Å². The van der Waals surface area contributed by atoms with Crippen LogP contribution in [0.3, 0.4) is 0 Å². The normalized spacial score (nSPS) is 13.3. The summed E-state index contributed by atoms with van der Waals surface area (Å²) in [5, 5.41) is 5.86. The van der Waals surface area contributed by atoms with Gasteiger partial charge in [0.1, 0.15) is 5.75 Å². The van der Waals surface area contributed by atoms with Crippen LogP contribution in [0.4, 0.5) is 5.69 Å². The van der Waals surface area contributed by atoms with Gasteiger partial charge in [-0.05, 0) is 90.2 Å². The van der Waals surface area contributed by atoms with Gasteiger partial charge in [0.05, 0.1) is 11.1 Å². The monoisotopic (exact) mass is 545 g/mol. The van der Waals surface area contributed by atoms with E-state index >= 15 is 0 Å². The quantitative estimate of drug-likeness (QED) is 0.291. The molecule has 0 atom stereocenters. The maximum absolute atomic E-state index is 12.8. The first-order valence-electron chi connectivity index (χ1n) is 11.9. The van der Waals surface area contributed by atoms with E-state index in [1.807, 2.05) is 17.0 Å². The van der Waals surface area contributed by atoms with E-state index in [0.29, 0.717) is 29.2 Å². The van der Waals surface area contributed by atoms with E-state index in [1.165, 1.54) is 19.3 Å². The third-order valence-electron chi connectivity index (χ3n) is 5.69. The summed E-state index contributed by atoms with van der Waals surface area (Å²) in [6, 6.07) is 12.4. The first kappa shape index (κ1) is 26.2. The number of nitrogens with one attached hydrogen (secondary N) is 2. The molecule has 1 aliphatic heterocycles. The molecule has 0 spiro atoms. The van der Waals surface area contributed by atoms with E-state index in [1.54, 1.807) is 30.3 Å². The van der Waals surface area contributed by atoms with Crippen molar-refractivity contribution in [3.8, 4) is 5.75 Å². The fraction of sp³-hybridized carbons (Fsp3) is 0.423. The molecule has 0 radical (unpaired) electrons. The lowest BCUT2D eigenvalue weighted by molar-refractivity contribution is 0.0724. The molecule has 0 aromatic heterocycles. The summed E-state index contributed by atoms with van der Waals surface area (Å²) < 4.78 is 6.53. The summed E-state index contributed by atoms with van der Waals surface area (Å²) in [6.07, 6.45) is 7.80. The van der Waals surface area contributed by atoms with E-state index < -0.39 is 0 Å². The number of hydrogen-bond acceptors (Lipinski definition) is 4.